The first-order valence-corrected chi connectivity index (χ1v) is 6.20. The van der Waals surface area contributed by atoms with Crippen LogP contribution in [0.4, 0.5) is 17.1 Å². The Kier molecular flexibility index (Phi) is 4.12. The highest BCUT2D eigenvalue weighted by Crippen LogP contribution is 2.25. The molecular formula is C14H11N3O5. The number of benzene rings is 2. The molecule has 0 fully saturated rings. The van der Waals surface area contributed by atoms with Crippen molar-refractivity contribution in [1.82, 2.24) is 0 Å². The van der Waals surface area contributed by atoms with Gasteiger partial charge >= 0.3 is 0 Å². The predicted octanol–water partition coefficient (Wildman–Crippen LogP) is 3.06. The third kappa shape index (κ3) is 3.06. The summed E-state index contributed by atoms with van der Waals surface area (Å²) in [4.78, 5) is 32.6. The molecule has 0 aromatic heterocycles. The topological polar surface area (TPSA) is 115 Å². The highest BCUT2D eigenvalue weighted by molar-refractivity contribution is 6.05. The van der Waals surface area contributed by atoms with Gasteiger partial charge in [0.15, 0.2) is 0 Å². The summed E-state index contributed by atoms with van der Waals surface area (Å²) in [6, 6.07) is 9.62. The summed E-state index contributed by atoms with van der Waals surface area (Å²) < 4.78 is 0. The van der Waals surface area contributed by atoms with E-state index < -0.39 is 15.8 Å². The molecule has 8 nitrogen and oxygen atoms in total. The molecule has 0 radical (unpaired) electrons. The Balaban J connectivity index is 2.29. The van der Waals surface area contributed by atoms with Gasteiger partial charge in [-0.05, 0) is 25.1 Å². The van der Waals surface area contributed by atoms with Gasteiger partial charge in [-0.1, -0.05) is 12.1 Å². The molecule has 0 aliphatic carbocycles. The van der Waals surface area contributed by atoms with Crippen LogP contribution in [0, 0.1) is 27.2 Å². The summed E-state index contributed by atoms with van der Waals surface area (Å²) >= 11 is 0. The van der Waals surface area contributed by atoms with Crippen LogP contribution < -0.4 is 5.32 Å². The number of nitrogens with zero attached hydrogens (tertiary/aromatic N) is 2. The molecule has 2 aromatic carbocycles. The van der Waals surface area contributed by atoms with E-state index in [2.05, 4.69) is 5.32 Å². The van der Waals surface area contributed by atoms with E-state index in [-0.39, 0.29) is 22.6 Å². The van der Waals surface area contributed by atoms with Crippen LogP contribution in [-0.2, 0) is 0 Å². The third-order valence-electron chi connectivity index (χ3n) is 3.00. The predicted molar refractivity (Wildman–Crippen MR) is 78.9 cm³/mol. The van der Waals surface area contributed by atoms with Crippen molar-refractivity contribution in [2.45, 2.75) is 6.92 Å². The lowest BCUT2D eigenvalue weighted by molar-refractivity contribution is -0.385. The maximum atomic E-state index is 12.1. The fraction of sp³-hybridized carbons (Fsp3) is 0.0714. The minimum absolute atomic E-state index is 0.0634. The van der Waals surface area contributed by atoms with Gasteiger partial charge in [0.2, 0.25) is 0 Å². The van der Waals surface area contributed by atoms with Crippen molar-refractivity contribution in [2.24, 2.45) is 0 Å². The molecule has 2 rings (SSSR count). The van der Waals surface area contributed by atoms with E-state index in [1.807, 2.05) is 0 Å². The van der Waals surface area contributed by atoms with Gasteiger partial charge in [0.05, 0.1) is 9.85 Å². The first-order valence-electron chi connectivity index (χ1n) is 6.20. The summed E-state index contributed by atoms with van der Waals surface area (Å²) in [5.74, 6) is -0.577. The summed E-state index contributed by atoms with van der Waals surface area (Å²) in [5.41, 5.74) is 0.256. The Bertz CT molecular complexity index is 773. The zero-order valence-corrected chi connectivity index (χ0v) is 11.5. The number of nitro groups is 2. The quantitative estimate of drug-likeness (QED) is 0.688. The minimum Gasteiger partial charge on any atom is -0.316 e. The van der Waals surface area contributed by atoms with Crippen molar-refractivity contribution >= 4 is 23.0 Å². The number of hydrogen-bond donors (Lipinski definition) is 1. The number of amides is 1. The van der Waals surface area contributed by atoms with E-state index in [4.69, 9.17) is 0 Å². The first kappa shape index (κ1) is 15.1. The molecule has 0 bridgehead atoms. The molecule has 1 N–H and O–H groups in total. The van der Waals surface area contributed by atoms with Gasteiger partial charge in [0.1, 0.15) is 5.69 Å². The summed E-state index contributed by atoms with van der Waals surface area (Å²) in [7, 11) is 0. The molecule has 22 heavy (non-hydrogen) atoms. The van der Waals surface area contributed by atoms with Gasteiger partial charge in [-0.2, -0.15) is 0 Å². The fourth-order valence-electron chi connectivity index (χ4n) is 1.93. The van der Waals surface area contributed by atoms with Crippen molar-refractivity contribution in [2.75, 3.05) is 5.32 Å². The van der Waals surface area contributed by atoms with Crippen molar-refractivity contribution in [1.29, 1.82) is 0 Å². The lowest BCUT2D eigenvalue weighted by atomic mass is 10.1. The molecule has 0 aliphatic heterocycles. The van der Waals surface area contributed by atoms with Gasteiger partial charge in [0, 0.05) is 23.3 Å². The third-order valence-corrected chi connectivity index (χ3v) is 3.00. The van der Waals surface area contributed by atoms with Crippen molar-refractivity contribution in [3.8, 4) is 0 Å². The fourth-order valence-corrected chi connectivity index (χ4v) is 1.93. The lowest BCUT2D eigenvalue weighted by Gasteiger charge is -2.06. The second-order valence-electron chi connectivity index (χ2n) is 4.49. The minimum atomic E-state index is -0.600. The van der Waals surface area contributed by atoms with Crippen LogP contribution in [0.3, 0.4) is 0 Å². The Hall–Kier alpha value is -3.29. The molecule has 0 spiro atoms. The van der Waals surface area contributed by atoms with Crippen LogP contribution in [-0.4, -0.2) is 15.8 Å². The van der Waals surface area contributed by atoms with E-state index in [1.54, 1.807) is 6.07 Å². The Morgan fingerprint density at radius 3 is 2.23 bits per heavy atom. The summed E-state index contributed by atoms with van der Waals surface area (Å²) in [5, 5.41) is 24.1. The van der Waals surface area contributed by atoms with Gasteiger partial charge in [-0.15, -0.1) is 0 Å². The van der Waals surface area contributed by atoms with Crippen molar-refractivity contribution in [3.63, 3.8) is 0 Å². The molecule has 8 heteroatoms. The maximum absolute atomic E-state index is 12.1. The number of nitrogens with one attached hydrogen (secondary N) is 1. The van der Waals surface area contributed by atoms with Gasteiger partial charge < -0.3 is 5.32 Å². The number of nitro benzene ring substituents is 2. The number of carbonyl (C=O) groups excluding carboxylic acids is 1. The van der Waals surface area contributed by atoms with Crippen LogP contribution in [0.15, 0.2) is 42.5 Å². The monoisotopic (exact) mass is 301 g/mol. The number of para-hydroxylation sites is 2. The van der Waals surface area contributed by atoms with Gasteiger partial charge in [-0.3, -0.25) is 25.0 Å². The number of rotatable bonds is 4. The molecular weight excluding hydrogens is 290 g/mol. The molecule has 0 aliphatic rings. The average molecular weight is 301 g/mol. The normalized spacial score (nSPS) is 10.0. The van der Waals surface area contributed by atoms with E-state index in [0.29, 0.717) is 5.56 Å². The van der Waals surface area contributed by atoms with Crippen LogP contribution in [0.25, 0.3) is 0 Å². The molecule has 2 aromatic rings. The second kappa shape index (κ2) is 6.00. The van der Waals surface area contributed by atoms with E-state index in [0.717, 1.165) is 0 Å². The lowest BCUT2D eigenvalue weighted by Crippen LogP contribution is -2.13. The molecule has 0 saturated carbocycles. The molecule has 0 saturated heterocycles. The number of aryl methyl sites for hydroxylation is 1. The molecule has 112 valence electrons. The second-order valence-corrected chi connectivity index (χ2v) is 4.49. The van der Waals surface area contributed by atoms with Crippen LogP contribution >= 0.6 is 0 Å². The van der Waals surface area contributed by atoms with Crippen LogP contribution in [0.5, 0.6) is 0 Å². The molecule has 0 atom stereocenters. The Morgan fingerprint density at radius 1 is 1.00 bits per heavy atom. The summed E-state index contributed by atoms with van der Waals surface area (Å²) in [6.45, 7) is 1.51. The number of hydrogen-bond acceptors (Lipinski definition) is 5. The van der Waals surface area contributed by atoms with E-state index in [9.17, 15) is 25.0 Å². The SMILES string of the molecule is Cc1cc(C(=O)Nc2ccccc2[N+](=O)[O-])ccc1[N+](=O)[O-]. The van der Waals surface area contributed by atoms with Crippen molar-refractivity contribution in [3.05, 3.63) is 73.8 Å². The standard InChI is InChI=1S/C14H11N3O5/c1-9-8-10(6-7-12(9)16(19)20)14(18)15-11-4-2-3-5-13(11)17(21)22/h2-8H,1H3,(H,15,18). The number of carbonyl (C=O) groups is 1. The zero-order chi connectivity index (χ0) is 16.3. The number of anilines is 1. The molecule has 1 amide bonds. The Labute approximate surface area is 124 Å². The summed E-state index contributed by atoms with van der Waals surface area (Å²) in [6.07, 6.45) is 0. The van der Waals surface area contributed by atoms with E-state index >= 15 is 0 Å². The smallest absolute Gasteiger partial charge is 0.292 e. The van der Waals surface area contributed by atoms with Gasteiger partial charge in [0.25, 0.3) is 17.3 Å². The van der Waals surface area contributed by atoms with Crippen LogP contribution in [0.1, 0.15) is 15.9 Å². The largest absolute Gasteiger partial charge is 0.316 e. The van der Waals surface area contributed by atoms with E-state index in [1.165, 1.54) is 43.3 Å². The first-order chi connectivity index (χ1) is 10.4. The highest BCUT2D eigenvalue weighted by atomic mass is 16.6. The van der Waals surface area contributed by atoms with Gasteiger partial charge in [-0.25, -0.2) is 0 Å². The molecule has 0 unspecified atom stereocenters. The maximum Gasteiger partial charge on any atom is 0.292 e. The van der Waals surface area contributed by atoms with Crippen LogP contribution in [0.2, 0.25) is 0 Å². The van der Waals surface area contributed by atoms with Crippen molar-refractivity contribution < 1.29 is 14.6 Å². The average Bonchev–Trinajstić information content (AvgIpc) is 2.47. The zero-order valence-electron chi connectivity index (χ0n) is 11.5. The Morgan fingerprint density at radius 2 is 1.64 bits per heavy atom. The highest BCUT2D eigenvalue weighted by Gasteiger charge is 2.17. The molecule has 0 heterocycles.